The van der Waals surface area contributed by atoms with E-state index < -0.39 is 0 Å². The molecule has 1 spiro atoms. The predicted molar refractivity (Wildman–Crippen MR) is 83.0 cm³/mol. The molecule has 0 bridgehead atoms. The Labute approximate surface area is 135 Å². The van der Waals surface area contributed by atoms with Gasteiger partial charge < -0.3 is 14.8 Å². The number of nitrogens with zero attached hydrogens (tertiary/aromatic N) is 1. The molecule has 6 heteroatoms. The van der Waals surface area contributed by atoms with Crippen molar-refractivity contribution in [2.45, 2.75) is 38.3 Å². The van der Waals surface area contributed by atoms with Crippen molar-refractivity contribution >= 4 is 17.5 Å². The molecule has 2 heterocycles. The number of rotatable bonds is 4. The standard InChI is InChI=1S/C16H21ClN2O3/c1-2-22-14-9-13(16(14)4-7-21-8-5-16)19-15(20)11-3-6-18-10-12(11)17/h3,6,10,13-14H,2,4-5,7-9H2,1H3,(H,19,20)/t13-,14-/m1/s1. The quantitative estimate of drug-likeness (QED) is 0.924. The molecule has 2 atom stereocenters. The van der Waals surface area contributed by atoms with E-state index in [1.165, 1.54) is 6.20 Å². The number of nitrogens with one attached hydrogen (secondary N) is 1. The van der Waals surface area contributed by atoms with Gasteiger partial charge in [-0.05, 0) is 32.3 Å². The lowest BCUT2D eigenvalue weighted by Gasteiger charge is -2.57. The number of halogens is 1. The summed E-state index contributed by atoms with van der Waals surface area (Å²) in [5.74, 6) is -0.141. The highest BCUT2D eigenvalue weighted by atomic mass is 35.5. The van der Waals surface area contributed by atoms with Gasteiger partial charge in [-0.3, -0.25) is 9.78 Å². The summed E-state index contributed by atoms with van der Waals surface area (Å²) in [4.78, 5) is 16.4. The molecular formula is C16H21ClN2O3. The first kappa shape index (κ1) is 15.7. The Hall–Kier alpha value is -1.17. The van der Waals surface area contributed by atoms with Crippen LogP contribution in [0.25, 0.3) is 0 Å². The zero-order valence-electron chi connectivity index (χ0n) is 12.7. The number of pyridine rings is 1. The number of hydrogen-bond acceptors (Lipinski definition) is 4. The number of aromatic nitrogens is 1. The van der Waals surface area contributed by atoms with E-state index in [1.54, 1.807) is 12.3 Å². The first-order valence-corrected chi connectivity index (χ1v) is 8.15. The van der Waals surface area contributed by atoms with Crippen LogP contribution in [0.4, 0.5) is 0 Å². The monoisotopic (exact) mass is 324 g/mol. The lowest BCUT2D eigenvalue weighted by molar-refractivity contribution is -0.170. The van der Waals surface area contributed by atoms with E-state index in [9.17, 15) is 4.79 Å². The van der Waals surface area contributed by atoms with Crippen LogP contribution in [-0.2, 0) is 9.47 Å². The average molecular weight is 325 g/mol. The minimum absolute atomic E-state index is 0.00340. The molecule has 0 radical (unpaired) electrons. The van der Waals surface area contributed by atoms with Crippen LogP contribution in [0.5, 0.6) is 0 Å². The summed E-state index contributed by atoms with van der Waals surface area (Å²) in [6, 6.07) is 1.76. The van der Waals surface area contributed by atoms with Crippen molar-refractivity contribution in [3.63, 3.8) is 0 Å². The maximum Gasteiger partial charge on any atom is 0.253 e. The molecule has 1 aromatic heterocycles. The molecule has 0 aromatic carbocycles. The summed E-state index contributed by atoms with van der Waals surface area (Å²) in [5.41, 5.74) is 0.474. The number of amides is 1. The van der Waals surface area contributed by atoms with Crippen molar-refractivity contribution in [3.05, 3.63) is 29.0 Å². The van der Waals surface area contributed by atoms with Gasteiger partial charge in [-0.1, -0.05) is 11.6 Å². The van der Waals surface area contributed by atoms with Gasteiger partial charge in [-0.15, -0.1) is 0 Å². The van der Waals surface area contributed by atoms with Gasteiger partial charge in [0.25, 0.3) is 5.91 Å². The normalized spacial score (nSPS) is 26.5. The average Bonchev–Trinajstić information content (AvgIpc) is 2.55. The van der Waals surface area contributed by atoms with Crippen LogP contribution >= 0.6 is 11.6 Å². The maximum atomic E-state index is 12.5. The van der Waals surface area contributed by atoms with E-state index in [0.29, 0.717) is 17.2 Å². The van der Waals surface area contributed by atoms with Gasteiger partial charge in [-0.2, -0.15) is 0 Å². The van der Waals surface area contributed by atoms with Crippen molar-refractivity contribution in [1.29, 1.82) is 0 Å². The molecule has 1 aliphatic carbocycles. The zero-order chi connectivity index (χ0) is 15.6. The fraction of sp³-hybridized carbons (Fsp3) is 0.625. The molecule has 22 heavy (non-hydrogen) atoms. The van der Waals surface area contributed by atoms with Gasteiger partial charge in [-0.25, -0.2) is 0 Å². The number of carbonyl (C=O) groups is 1. The molecule has 2 fully saturated rings. The Bertz CT molecular complexity index is 546. The zero-order valence-corrected chi connectivity index (χ0v) is 13.4. The van der Waals surface area contributed by atoms with Crippen LogP contribution in [0.1, 0.15) is 36.5 Å². The minimum atomic E-state index is -0.141. The molecule has 1 amide bonds. The Balaban J connectivity index is 1.72. The summed E-state index contributed by atoms with van der Waals surface area (Å²) in [6.07, 6.45) is 5.97. The summed E-state index contributed by atoms with van der Waals surface area (Å²) in [7, 11) is 0. The van der Waals surface area contributed by atoms with Gasteiger partial charge in [0.1, 0.15) is 0 Å². The second kappa shape index (κ2) is 6.52. The van der Waals surface area contributed by atoms with Crippen LogP contribution in [0, 0.1) is 5.41 Å². The largest absolute Gasteiger partial charge is 0.381 e. The summed E-state index contributed by atoms with van der Waals surface area (Å²) >= 11 is 6.05. The molecule has 1 aliphatic heterocycles. The van der Waals surface area contributed by atoms with Crippen LogP contribution in [0.2, 0.25) is 5.02 Å². The van der Waals surface area contributed by atoms with Gasteiger partial charge in [0.05, 0.1) is 16.7 Å². The highest BCUT2D eigenvalue weighted by Gasteiger charge is 2.56. The first-order chi connectivity index (χ1) is 10.7. The molecule has 1 aromatic rings. The second-order valence-corrected chi connectivity index (χ2v) is 6.31. The van der Waals surface area contributed by atoms with Crippen molar-refractivity contribution < 1.29 is 14.3 Å². The van der Waals surface area contributed by atoms with Crippen molar-refractivity contribution in [2.24, 2.45) is 5.41 Å². The second-order valence-electron chi connectivity index (χ2n) is 5.91. The van der Waals surface area contributed by atoms with Gasteiger partial charge >= 0.3 is 0 Å². The Kier molecular flexibility index (Phi) is 4.66. The first-order valence-electron chi connectivity index (χ1n) is 7.77. The van der Waals surface area contributed by atoms with E-state index >= 15 is 0 Å². The highest BCUT2D eigenvalue weighted by Crippen LogP contribution is 2.50. The Morgan fingerprint density at radius 2 is 2.32 bits per heavy atom. The van der Waals surface area contributed by atoms with Crippen molar-refractivity contribution in [3.8, 4) is 0 Å². The molecule has 1 saturated carbocycles. The number of carbonyl (C=O) groups excluding carboxylic acids is 1. The van der Waals surface area contributed by atoms with Crippen LogP contribution in [-0.4, -0.2) is 42.9 Å². The Morgan fingerprint density at radius 1 is 1.55 bits per heavy atom. The molecule has 0 unspecified atom stereocenters. The number of ether oxygens (including phenoxy) is 2. The van der Waals surface area contributed by atoms with E-state index in [2.05, 4.69) is 10.3 Å². The molecule has 3 rings (SSSR count). The summed E-state index contributed by atoms with van der Waals surface area (Å²) in [5, 5.41) is 3.51. The summed E-state index contributed by atoms with van der Waals surface area (Å²) in [6.45, 7) is 4.16. The lowest BCUT2D eigenvalue weighted by Crippen LogP contribution is -2.66. The Morgan fingerprint density at radius 3 is 3.00 bits per heavy atom. The SMILES string of the molecule is CCO[C@@H]1C[C@@H](NC(=O)c2ccncc2Cl)C12CCOCC2. The fourth-order valence-electron chi connectivity index (χ4n) is 3.60. The van der Waals surface area contributed by atoms with Crippen LogP contribution in [0.15, 0.2) is 18.5 Å². The van der Waals surface area contributed by atoms with Gasteiger partial charge in [0.15, 0.2) is 0 Å². The van der Waals surface area contributed by atoms with Gasteiger partial charge in [0, 0.05) is 43.7 Å². The third kappa shape index (κ3) is 2.73. The smallest absolute Gasteiger partial charge is 0.253 e. The van der Waals surface area contributed by atoms with Crippen molar-refractivity contribution in [2.75, 3.05) is 19.8 Å². The molecule has 5 nitrogen and oxygen atoms in total. The molecule has 120 valence electrons. The molecule has 2 aliphatic rings. The lowest BCUT2D eigenvalue weighted by atomic mass is 9.57. The van der Waals surface area contributed by atoms with Crippen LogP contribution < -0.4 is 5.32 Å². The molecular weight excluding hydrogens is 304 g/mol. The van der Waals surface area contributed by atoms with E-state index in [1.807, 2.05) is 6.92 Å². The molecule has 1 N–H and O–H groups in total. The van der Waals surface area contributed by atoms with Crippen LogP contribution in [0.3, 0.4) is 0 Å². The molecule has 1 saturated heterocycles. The predicted octanol–water partition coefficient (Wildman–Crippen LogP) is 2.44. The van der Waals surface area contributed by atoms with E-state index in [0.717, 1.165) is 32.5 Å². The third-order valence-corrected chi connectivity index (χ3v) is 5.20. The fourth-order valence-corrected chi connectivity index (χ4v) is 3.81. The minimum Gasteiger partial charge on any atom is -0.381 e. The number of hydrogen-bond donors (Lipinski definition) is 1. The van der Waals surface area contributed by atoms with E-state index in [4.69, 9.17) is 21.1 Å². The highest BCUT2D eigenvalue weighted by molar-refractivity contribution is 6.33. The van der Waals surface area contributed by atoms with Crippen molar-refractivity contribution in [1.82, 2.24) is 10.3 Å². The maximum absolute atomic E-state index is 12.5. The van der Waals surface area contributed by atoms with Gasteiger partial charge in [0.2, 0.25) is 0 Å². The third-order valence-electron chi connectivity index (χ3n) is 4.90. The topological polar surface area (TPSA) is 60.5 Å². The van der Waals surface area contributed by atoms with E-state index in [-0.39, 0.29) is 23.5 Å². The summed E-state index contributed by atoms with van der Waals surface area (Å²) < 4.78 is 11.4.